The Labute approximate surface area is 130 Å². The van der Waals surface area contributed by atoms with Crippen LogP contribution in [0.25, 0.3) is 0 Å². The molecule has 114 valence electrons. The van der Waals surface area contributed by atoms with Crippen LogP contribution in [0.2, 0.25) is 0 Å². The summed E-state index contributed by atoms with van der Waals surface area (Å²) >= 11 is 0. The molecule has 0 aliphatic carbocycles. The van der Waals surface area contributed by atoms with Crippen LogP contribution < -0.4 is 10.2 Å². The molecule has 0 fully saturated rings. The first-order valence-electron chi connectivity index (χ1n) is 7.26. The van der Waals surface area contributed by atoms with Gasteiger partial charge in [-0.15, -0.1) is 0 Å². The molecule has 0 radical (unpaired) electrons. The van der Waals surface area contributed by atoms with Gasteiger partial charge in [-0.3, -0.25) is 9.78 Å². The first-order valence-corrected chi connectivity index (χ1v) is 7.26. The Kier molecular flexibility index (Phi) is 6.11. The van der Waals surface area contributed by atoms with Crippen LogP contribution in [-0.4, -0.2) is 23.7 Å². The van der Waals surface area contributed by atoms with Crippen LogP contribution in [0, 0.1) is 0 Å². The summed E-state index contributed by atoms with van der Waals surface area (Å²) in [6.45, 7) is 2.83. The SMILES string of the molecule is CCCCOc1cccc(/C=N\NC(=O)c2cccnc2)c1. The van der Waals surface area contributed by atoms with Crippen molar-refractivity contribution in [2.75, 3.05) is 6.61 Å². The largest absolute Gasteiger partial charge is 0.494 e. The summed E-state index contributed by atoms with van der Waals surface area (Å²) < 4.78 is 5.63. The van der Waals surface area contributed by atoms with E-state index in [9.17, 15) is 4.79 Å². The van der Waals surface area contributed by atoms with Crippen LogP contribution in [0.1, 0.15) is 35.7 Å². The fraction of sp³-hybridized carbons (Fsp3) is 0.235. The minimum absolute atomic E-state index is 0.292. The van der Waals surface area contributed by atoms with Gasteiger partial charge >= 0.3 is 0 Å². The highest BCUT2D eigenvalue weighted by Crippen LogP contribution is 2.12. The maximum atomic E-state index is 11.8. The van der Waals surface area contributed by atoms with Gasteiger partial charge in [0.1, 0.15) is 5.75 Å². The van der Waals surface area contributed by atoms with Gasteiger partial charge in [-0.05, 0) is 36.2 Å². The molecular formula is C17H19N3O2. The van der Waals surface area contributed by atoms with Gasteiger partial charge in [0.25, 0.3) is 5.91 Å². The molecule has 22 heavy (non-hydrogen) atoms. The van der Waals surface area contributed by atoms with E-state index in [4.69, 9.17) is 4.74 Å². The number of amides is 1. The quantitative estimate of drug-likeness (QED) is 0.485. The van der Waals surface area contributed by atoms with Crippen LogP contribution in [0.4, 0.5) is 0 Å². The van der Waals surface area contributed by atoms with E-state index in [0.29, 0.717) is 12.2 Å². The van der Waals surface area contributed by atoms with E-state index in [0.717, 1.165) is 24.2 Å². The monoisotopic (exact) mass is 297 g/mol. The number of hydrogen-bond acceptors (Lipinski definition) is 4. The number of benzene rings is 1. The van der Waals surface area contributed by atoms with Crippen molar-refractivity contribution in [3.63, 3.8) is 0 Å². The standard InChI is InChI=1S/C17H19N3O2/c1-2-3-10-22-16-8-4-6-14(11-16)12-19-20-17(21)15-7-5-9-18-13-15/h4-9,11-13H,2-3,10H2,1H3,(H,20,21)/b19-12-. The van der Waals surface area contributed by atoms with Crippen molar-refractivity contribution in [3.05, 3.63) is 59.9 Å². The molecule has 2 aromatic rings. The lowest BCUT2D eigenvalue weighted by molar-refractivity contribution is 0.0955. The molecule has 0 atom stereocenters. The van der Waals surface area contributed by atoms with Crippen molar-refractivity contribution >= 4 is 12.1 Å². The first-order chi connectivity index (χ1) is 10.8. The number of nitrogens with one attached hydrogen (secondary N) is 1. The van der Waals surface area contributed by atoms with E-state index in [2.05, 4.69) is 22.4 Å². The smallest absolute Gasteiger partial charge is 0.272 e. The summed E-state index contributed by atoms with van der Waals surface area (Å²) in [5.74, 6) is 0.510. The van der Waals surface area contributed by atoms with Gasteiger partial charge in [0.15, 0.2) is 0 Å². The molecule has 0 saturated carbocycles. The third kappa shape index (κ3) is 5.01. The summed E-state index contributed by atoms with van der Waals surface area (Å²) in [5, 5.41) is 3.95. The van der Waals surface area contributed by atoms with Gasteiger partial charge in [0.2, 0.25) is 0 Å². The Morgan fingerprint density at radius 1 is 1.36 bits per heavy atom. The molecule has 1 heterocycles. The number of rotatable bonds is 7. The second kappa shape index (κ2) is 8.56. The molecule has 1 aromatic carbocycles. The Morgan fingerprint density at radius 3 is 3.05 bits per heavy atom. The highest BCUT2D eigenvalue weighted by Gasteiger charge is 2.02. The Hall–Kier alpha value is -2.69. The van der Waals surface area contributed by atoms with Gasteiger partial charge in [0.05, 0.1) is 18.4 Å². The lowest BCUT2D eigenvalue weighted by Crippen LogP contribution is -2.17. The number of carbonyl (C=O) groups excluding carboxylic acids is 1. The highest BCUT2D eigenvalue weighted by molar-refractivity contribution is 5.94. The number of ether oxygens (including phenoxy) is 1. The van der Waals surface area contributed by atoms with Crippen molar-refractivity contribution in [2.24, 2.45) is 5.10 Å². The number of pyridine rings is 1. The molecule has 0 unspecified atom stereocenters. The molecular weight excluding hydrogens is 278 g/mol. The lowest BCUT2D eigenvalue weighted by atomic mass is 10.2. The van der Waals surface area contributed by atoms with E-state index >= 15 is 0 Å². The van der Waals surface area contributed by atoms with Crippen molar-refractivity contribution in [1.29, 1.82) is 0 Å². The van der Waals surface area contributed by atoms with Crippen LogP contribution in [-0.2, 0) is 0 Å². The number of carbonyl (C=O) groups is 1. The molecule has 0 aliphatic heterocycles. The van der Waals surface area contributed by atoms with E-state index in [-0.39, 0.29) is 5.91 Å². The Bertz CT molecular complexity index is 627. The molecule has 1 amide bonds. The lowest BCUT2D eigenvalue weighted by Gasteiger charge is -2.05. The predicted molar refractivity (Wildman–Crippen MR) is 86.1 cm³/mol. The van der Waals surface area contributed by atoms with Gasteiger partial charge in [0, 0.05) is 12.4 Å². The summed E-state index contributed by atoms with van der Waals surface area (Å²) in [6.07, 6.45) is 6.82. The van der Waals surface area contributed by atoms with E-state index < -0.39 is 0 Å². The Morgan fingerprint density at radius 2 is 2.27 bits per heavy atom. The second-order valence-corrected chi connectivity index (χ2v) is 4.72. The van der Waals surface area contributed by atoms with Crippen LogP contribution in [0.3, 0.4) is 0 Å². The normalized spacial score (nSPS) is 10.6. The van der Waals surface area contributed by atoms with Gasteiger partial charge in [-0.1, -0.05) is 25.5 Å². The average molecular weight is 297 g/mol. The van der Waals surface area contributed by atoms with E-state index in [1.165, 1.54) is 6.20 Å². The number of aromatic nitrogens is 1. The van der Waals surface area contributed by atoms with Crippen molar-refractivity contribution in [3.8, 4) is 5.75 Å². The summed E-state index contributed by atoms with van der Waals surface area (Å²) in [4.78, 5) is 15.7. The highest BCUT2D eigenvalue weighted by atomic mass is 16.5. The van der Waals surface area contributed by atoms with Crippen molar-refractivity contribution in [1.82, 2.24) is 10.4 Å². The zero-order valence-corrected chi connectivity index (χ0v) is 12.5. The maximum absolute atomic E-state index is 11.8. The van der Waals surface area contributed by atoms with E-state index in [1.807, 2.05) is 24.3 Å². The van der Waals surface area contributed by atoms with Crippen LogP contribution in [0.5, 0.6) is 5.75 Å². The molecule has 0 spiro atoms. The molecule has 5 nitrogen and oxygen atoms in total. The molecule has 2 rings (SSSR count). The molecule has 0 aliphatic rings. The summed E-state index contributed by atoms with van der Waals surface area (Å²) in [7, 11) is 0. The maximum Gasteiger partial charge on any atom is 0.272 e. The second-order valence-electron chi connectivity index (χ2n) is 4.72. The third-order valence-corrected chi connectivity index (χ3v) is 2.93. The minimum atomic E-state index is -0.292. The number of hydrazone groups is 1. The fourth-order valence-corrected chi connectivity index (χ4v) is 1.75. The number of nitrogens with zero attached hydrogens (tertiary/aromatic N) is 2. The predicted octanol–water partition coefficient (Wildman–Crippen LogP) is 3.02. The molecule has 1 aromatic heterocycles. The molecule has 5 heteroatoms. The van der Waals surface area contributed by atoms with Gasteiger partial charge < -0.3 is 4.74 Å². The van der Waals surface area contributed by atoms with Crippen LogP contribution >= 0.6 is 0 Å². The number of unbranched alkanes of at least 4 members (excludes halogenated alkanes) is 1. The topological polar surface area (TPSA) is 63.6 Å². The average Bonchev–Trinajstić information content (AvgIpc) is 2.56. The summed E-state index contributed by atoms with van der Waals surface area (Å²) in [5.41, 5.74) is 3.80. The fourth-order valence-electron chi connectivity index (χ4n) is 1.75. The minimum Gasteiger partial charge on any atom is -0.494 e. The molecule has 0 saturated heterocycles. The van der Waals surface area contributed by atoms with Crippen molar-refractivity contribution < 1.29 is 9.53 Å². The van der Waals surface area contributed by atoms with Crippen LogP contribution in [0.15, 0.2) is 53.9 Å². The van der Waals surface area contributed by atoms with Gasteiger partial charge in [-0.2, -0.15) is 5.10 Å². The Balaban J connectivity index is 1.90. The number of hydrogen-bond donors (Lipinski definition) is 1. The third-order valence-electron chi connectivity index (χ3n) is 2.93. The summed E-state index contributed by atoms with van der Waals surface area (Å²) in [6, 6.07) is 11.0. The molecule has 1 N–H and O–H groups in total. The van der Waals surface area contributed by atoms with E-state index in [1.54, 1.807) is 24.5 Å². The zero-order valence-electron chi connectivity index (χ0n) is 12.5. The first kappa shape index (κ1) is 15.7. The van der Waals surface area contributed by atoms with Gasteiger partial charge in [-0.25, -0.2) is 5.43 Å². The zero-order chi connectivity index (χ0) is 15.6. The van der Waals surface area contributed by atoms with Crippen molar-refractivity contribution in [2.45, 2.75) is 19.8 Å². The molecule has 0 bridgehead atoms.